The van der Waals surface area contributed by atoms with Crippen LogP contribution < -0.4 is 5.32 Å². The standard InChI is InChI=1S/C12H12N4O4/c1-12(2)10(17)15(11(18)14-12)13-7-8-3-5-9(6-4-8)16(19)20/h3-7H,1-2H3,(H,14,18)/b13-7+. The lowest BCUT2D eigenvalue weighted by Gasteiger charge is -2.12. The minimum atomic E-state index is -0.982. The largest absolute Gasteiger partial charge is 0.346 e. The number of imide groups is 1. The Morgan fingerprint density at radius 3 is 2.35 bits per heavy atom. The third-order valence-corrected chi connectivity index (χ3v) is 2.77. The fourth-order valence-electron chi connectivity index (χ4n) is 1.64. The van der Waals surface area contributed by atoms with Crippen molar-refractivity contribution >= 4 is 23.8 Å². The molecule has 1 heterocycles. The van der Waals surface area contributed by atoms with E-state index in [0.717, 1.165) is 5.01 Å². The van der Waals surface area contributed by atoms with Gasteiger partial charge in [0.2, 0.25) is 0 Å². The molecule has 1 aliphatic rings. The van der Waals surface area contributed by atoms with Gasteiger partial charge in [0.1, 0.15) is 5.54 Å². The summed E-state index contributed by atoms with van der Waals surface area (Å²) in [5, 5.41) is 17.5. The van der Waals surface area contributed by atoms with Crippen molar-refractivity contribution in [1.29, 1.82) is 0 Å². The van der Waals surface area contributed by atoms with Crippen LogP contribution in [0.4, 0.5) is 10.5 Å². The summed E-state index contributed by atoms with van der Waals surface area (Å²) >= 11 is 0. The van der Waals surface area contributed by atoms with Crippen molar-refractivity contribution in [2.24, 2.45) is 5.10 Å². The molecule has 0 aliphatic carbocycles. The summed E-state index contributed by atoms with van der Waals surface area (Å²) in [4.78, 5) is 33.4. The quantitative estimate of drug-likeness (QED) is 0.388. The van der Waals surface area contributed by atoms with E-state index in [0.29, 0.717) is 5.56 Å². The Labute approximate surface area is 114 Å². The lowest BCUT2D eigenvalue weighted by atomic mass is 10.1. The number of urea groups is 1. The number of hydrogen-bond acceptors (Lipinski definition) is 5. The molecular formula is C12H12N4O4. The van der Waals surface area contributed by atoms with Crippen LogP contribution in [0.15, 0.2) is 29.4 Å². The minimum absolute atomic E-state index is 0.0433. The number of hydrogen-bond donors (Lipinski definition) is 1. The van der Waals surface area contributed by atoms with Crippen LogP contribution >= 0.6 is 0 Å². The van der Waals surface area contributed by atoms with Crippen molar-refractivity contribution in [3.05, 3.63) is 39.9 Å². The van der Waals surface area contributed by atoms with E-state index in [1.165, 1.54) is 30.5 Å². The molecule has 8 heteroatoms. The molecule has 1 aromatic carbocycles. The maximum absolute atomic E-state index is 11.8. The molecule has 104 valence electrons. The molecule has 0 atom stereocenters. The summed E-state index contributed by atoms with van der Waals surface area (Å²) in [6.07, 6.45) is 1.29. The lowest BCUT2D eigenvalue weighted by Crippen LogP contribution is -2.39. The molecule has 1 fully saturated rings. The molecule has 2 rings (SSSR count). The first-order valence-corrected chi connectivity index (χ1v) is 5.76. The van der Waals surface area contributed by atoms with Gasteiger partial charge in [0.15, 0.2) is 0 Å². The highest BCUT2D eigenvalue weighted by atomic mass is 16.6. The minimum Gasteiger partial charge on any atom is -0.322 e. The number of nitro groups is 1. The maximum atomic E-state index is 11.8. The molecule has 0 radical (unpaired) electrons. The first-order valence-electron chi connectivity index (χ1n) is 5.76. The number of nitro benzene ring substituents is 1. The third kappa shape index (κ3) is 2.48. The van der Waals surface area contributed by atoms with Crippen molar-refractivity contribution in [3.63, 3.8) is 0 Å². The number of rotatable bonds is 3. The highest BCUT2D eigenvalue weighted by molar-refractivity contribution is 6.06. The Morgan fingerprint density at radius 2 is 1.90 bits per heavy atom. The molecule has 0 aromatic heterocycles. The smallest absolute Gasteiger partial charge is 0.322 e. The van der Waals surface area contributed by atoms with Crippen molar-refractivity contribution in [2.45, 2.75) is 19.4 Å². The van der Waals surface area contributed by atoms with Gasteiger partial charge in [-0.1, -0.05) is 0 Å². The molecule has 1 saturated heterocycles. The van der Waals surface area contributed by atoms with E-state index in [4.69, 9.17) is 0 Å². The zero-order valence-electron chi connectivity index (χ0n) is 10.9. The number of nitrogens with one attached hydrogen (secondary N) is 1. The van der Waals surface area contributed by atoms with Crippen molar-refractivity contribution in [3.8, 4) is 0 Å². The summed E-state index contributed by atoms with van der Waals surface area (Å²) < 4.78 is 0. The number of carbonyl (C=O) groups is 2. The van der Waals surface area contributed by atoms with E-state index >= 15 is 0 Å². The first-order chi connectivity index (χ1) is 9.31. The van der Waals surface area contributed by atoms with Gasteiger partial charge in [-0.15, -0.1) is 5.01 Å². The van der Waals surface area contributed by atoms with Gasteiger partial charge in [-0.2, -0.15) is 5.10 Å². The molecule has 1 aromatic rings. The van der Waals surface area contributed by atoms with Gasteiger partial charge in [-0.05, 0) is 31.5 Å². The van der Waals surface area contributed by atoms with Gasteiger partial charge in [0, 0.05) is 12.1 Å². The van der Waals surface area contributed by atoms with Crippen LogP contribution in [0.25, 0.3) is 0 Å². The second-order valence-corrected chi connectivity index (χ2v) is 4.77. The fourth-order valence-corrected chi connectivity index (χ4v) is 1.64. The first kappa shape index (κ1) is 13.7. The third-order valence-electron chi connectivity index (χ3n) is 2.77. The van der Waals surface area contributed by atoms with Crippen LogP contribution in [-0.2, 0) is 4.79 Å². The summed E-state index contributed by atoms with van der Waals surface area (Å²) in [6, 6.07) is 4.99. The average Bonchev–Trinajstić information content (AvgIpc) is 2.57. The van der Waals surface area contributed by atoms with Crippen LogP contribution in [0.3, 0.4) is 0 Å². The Hall–Kier alpha value is -2.77. The predicted octanol–water partition coefficient (Wildman–Crippen LogP) is 1.26. The van der Waals surface area contributed by atoms with Crippen molar-refractivity contribution in [1.82, 2.24) is 10.3 Å². The van der Waals surface area contributed by atoms with E-state index in [2.05, 4.69) is 10.4 Å². The summed E-state index contributed by atoms with van der Waals surface area (Å²) in [6.45, 7) is 3.16. The van der Waals surface area contributed by atoms with Gasteiger partial charge in [-0.25, -0.2) is 4.79 Å². The maximum Gasteiger partial charge on any atom is 0.346 e. The number of amides is 3. The summed E-state index contributed by atoms with van der Waals surface area (Å²) in [5.74, 6) is -0.458. The molecule has 20 heavy (non-hydrogen) atoms. The topological polar surface area (TPSA) is 105 Å². The normalized spacial score (nSPS) is 17.6. The van der Waals surface area contributed by atoms with Crippen molar-refractivity contribution in [2.75, 3.05) is 0 Å². The summed E-state index contributed by atoms with van der Waals surface area (Å²) in [5.41, 5.74) is -0.483. The number of nitrogens with zero attached hydrogens (tertiary/aromatic N) is 3. The zero-order chi connectivity index (χ0) is 14.9. The molecule has 1 N–H and O–H groups in total. The SMILES string of the molecule is CC1(C)NC(=O)N(/N=C/c2ccc([N+](=O)[O-])cc2)C1=O. The lowest BCUT2D eigenvalue weighted by molar-refractivity contribution is -0.384. The number of carbonyl (C=O) groups excluding carboxylic acids is 2. The number of hydrazone groups is 1. The van der Waals surface area contributed by atoms with E-state index in [1.807, 2.05) is 0 Å². The van der Waals surface area contributed by atoms with E-state index in [1.54, 1.807) is 13.8 Å². The van der Waals surface area contributed by atoms with Crippen molar-refractivity contribution < 1.29 is 14.5 Å². The number of benzene rings is 1. The zero-order valence-corrected chi connectivity index (χ0v) is 10.9. The molecule has 0 bridgehead atoms. The fraction of sp³-hybridized carbons (Fsp3) is 0.250. The molecule has 0 unspecified atom stereocenters. The van der Waals surface area contributed by atoms with Gasteiger partial charge >= 0.3 is 6.03 Å². The predicted molar refractivity (Wildman–Crippen MR) is 70.1 cm³/mol. The van der Waals surface area contributed by atoms with Gasteiger partial charge in [0.25, 0.3) is 11.6 Å². The van der Waals surface area contributed by atoms with Gasteiger partial charge < -0.3 is 5.32 Å². The Kier molecular flexibility index (Phi) is 3.23. The molecule has 0 saturated carbocycles. The van der Waals surface area contributed by atoms with Gasteiger partial charge in [0.05, 0.1) is 11.1 Å². The molecule has 0 spiro atoms. The number of non-ortho nitro benzene ring substituents is 1. The molecular weight excluding hydrogens is 264 g/mol. The van der Waals surface area contributed by atoms with Crippen LogP contribution in [-0.4, -0.2) is 33.6 Å². The highest BCUT2D eigenvalue weighted by Crippen LogP contribution is 2.17. The van der Waals surface area contributed by atoms with Crippen LogP contribution in [0, 0.1) is 10.1 Å². The second kappa shape index (κ2) is 4.72. The van der Waals surface area contributed by atoms with Crippen LogP contribution in [0.1, 0.15) is 19.4 Å². The highest BCUT2D eigenvalue weighted by Gasteiger charge is 2.44. The Balaban J connectivity index is 2.15. The monoisotopic (exact) mass is 276 g/mol. The molecule has 1 aliphatic heterocycles. The second-order valence-electron chi connectivity index (χ2n) is 4.77. The van der Waals surface area contributed by atoms with Crippen LogP contribution in [0.5, 0.6) is 0 Å². The van der Waals surface area contributed by atoms with Gasteiger partial charge in [-0.3, -0.25) is 14.9 Å². The van der Waals surface area contributed by atoms with Crippen LogP contribution in [0.2, 0.25) is 0 Å². The summed E-state index contributed by atoms with van der Waals surface area (Å²) in [7, 11) is 0. The Morgan fingerprint density at radius 1 is 1.30 bits per heavy atom. The van der Waals surface area contributed by atoms with E-state index in [9.17, 15) is 19.7 Å². The molecule has 3 amide bonds. The Bertz CT molecular complexity index is 606. The van der Waals surface area contributed by atoms with E-state index in [-0.39, 0.29) is 5.69 Å². The molecule has 8 nitrogen and oxygen atoms in total. The van der Waals surface area contributed by atoms with E-state index < -0.39 is 22.4 Å². The average molecular weight is 276 g/mol.